The van der Waals surface area contributed by atoms with Crippen LogP contribution in [0.1, 0.15) is 23.2 Å². The maximum Gasteiger partial charge on any atom is 0.255 e. The van der Waals surface area contributed by atoms with E-state index in [1.165, 1.54) is 28.6 Å². The number of carbonyl (C=O) groups is 1. The van der Waals surface area contributed by atoms with Crippen molar-refractivity contribution in [1.82, 2.24) is 4.31 Å². The molecule has 0 aliphatic carbocycles. The quantitative estimate of drug-likeness (QED) is 0.743. The SMILES string of the molecule is COC1CCN(S(=O)(=O)c2cccc(C(=O)Nc3cc(F)c(F)c(F)c3)c2)CC1. The Balaban J connectivity index is 1.79. The van der Waals surface area contributed by atoms with Crippen LogP contribution in [0.2, 0.25) is 0 Å². The van der Waals surface area contributed by atoms with Gasteiger partial charge in [0.15, 0.2) is 17.5 Å². The zero-order valence-corrected chi connectivity index (χ0v) is 16.3. The first kappa shape index (κ1) is 21.3. The molecule has 10 heteroatoms. The van der Waals surface area contributed by atoms with Gasteiger partial charge in [0, 0.05) is 43.6 Å². The largest absolute Gasteiger partial charge is 0.381 e. The Morgan fingerprint density at radius 1 is 1.10 bits per heavy atom. The number of benzene rings is 2. The standard InChI is InChI=1S/C19H19F3N2O4S/c1-28-14-5-7-24(8-6-14)29(26,27)15-4-2-3-12(9-15)19(25)23-13-10-16(20)18(22)17(21)11-13/h2-4,9-11,14H,5-8H2,1H3,(H,23,25). The molecule has 0 aromatic heterocycles. The smallest absolute Gasteiger partial charge is 0.255 e. The fourth-order valence-electron chi connectivity index (χ4n) is 3.09. The average molecular weight is 428 g/mol. The van der Waals surface area contributed by atoms with Gasteiger partial charge in [-0.25, -0.2) is 21.6 Å². The van der Waals surface area contributed by atoms with Gasteiger partial charge in [-0.05, 0) is 31.0 Å². The monoisotopic (exact) mass is 428 g/mol. The predicted molar refractivity (Wildman–Crippen MR) is 99.5 cm³/mol. The molecular formula is C19H19F3N2O4S. The number of halogens is 3. The van der Waals surface area contributed by atoms with Crippen LogP contribution in [0.5, 0.6) is 0 Å². The van der Waals surface area contributed by atoms with Gasteiger partial charge in [0.05, 0.1) is 11.0 Å². The van der Waals surface area contributed by atoms with E-state index < -0.39 is 33.4 Å². The van der Waals surface area contributed by atoms with E-state index in [-0.39, 0.29) is 22.3 Å². The lowest BCUT2D eigenvalue weighted by Gasteiger charge is -2.30. The topological polar surface area (TPSA) is 75.7 Å². The Hall–Kier alpha value is -2.43. The highest BCUT2D eigenvalue weighted by Gasteiger charge is 2.29. The molecule has 1 aliphatic heterocycles. The Morgan fingerprint density at radius 2 is 1.72 bits per heavy atom. The van der Waals surface area contributed by atoms with Crippen LogP contribution in [0.15, 0.2) is 41.3 Å². The molecule has 0 saturated carbocycles. The summed E-state index contributed by atoms with van der Waals surface area (Å²) in [7, 11) is -2.23. The number of anilines is 1. The average Bonchev–Trinajstić information content (AvgIpc) is 2.72. The first-order valence-electron chi connectivity index (χ1n) is 8.81. The fourth-order valence-corrected chi connectivity index (χ4v) is 4.60. The van der Waals surface area contributed by atoms with Crippen LogP contribution in [0, 0.1) is 17.5 Å². The van der Waals surface area contributed by atoms with Crippen molar-refractivity contribution in [3.8, 4) is 0 Å². The zero-order valence-electron chi connectivity index (χ0n) is 15.5. The Labute approximate surface area is 166 Å². The molecule has 0 bridgehead atoms. The minimum Gasteiger partial charge on any atom is -0.381 e. The van der Waals surface area contributed by atoms with Crippen molar-refractivity contribution in [2.24, 2.45) is 0 Å². The Morgan fingerprint density at radius 3 is 2.31 bits per heavy atom. The molecule has 29 heavy (non-hydrogen) atoms. The molecule has 6 nitrogen and oxygen atoms in total. The van der Waals surface area contributed by atoms with Crippen LogP contribution in [0.4, 0.5) is 18.9 Å². The number of carbonyl (C=O) groups excluding carboxylic acids is 1. The number of amides is 1. The minimum atomic E-state index is -3.81. The van der Waals surface area contributed by atoms with Gasteiger partial charge >= 0.3 is 0 Å². The summed E-state index contributed by atoms with van der Waals surface area (Å²) in [5.74, 6) is -5.33. The predicted octanol–water partition coefficient (Wildman–Crippen LogP) is 3.16. The molecule has 156 valence electrons. The third-order valence-corrected chi connectivity index (χ3v) is 6.60. The van der Waals surface area contributed by atoms with Crippen LogP contribution < -0.4 is 5.32 Å². The maximum absolute atomic E-state index is 13.3. The lowest BCUT2D eigenvalue weighted by molar-refractivity contribution is 0.0604. The fraction of sp³-hybridized carbons (Fsp3) is 0.316. The van der Waals surface area contributed by atoms with Crippen LogP contribution in [0.3, 0.4) is 0 Å². The zero-order chi connectivity index (χ0) is 21.2. The van der Waals surface area contributed by atoms with E-state index in [1.807, 2.05) is 0 Å². The molecule has 0 unspecified atom stereocenters. The number of ether oxygens (including phenoxy) is 1. The molecule has 2 aromatic carbocycles. The van der Waals surface area contributed by atoms with Crippen LogP contribution in [-0.4, -0.2) is 44.9 Å². The van der Waals surface area contributed by atoms with Gasteiger partial charge in [0.2, 0.25) is 10.0 Å². The molecule has 0 radical (unpaired) electrons. The molecule has 2 aromatic rings. The number of hydrogen-bond donors (Lipinski definition) is 1. The summed E-state index contributed by atoms with van der Waals surface area (Å²) in [6, 6.07) is 6.58. The van der Waals surface area contributed by atoms with Crippen molar-refractivity contribution >= 4 is 21.6 Å². The minimum absolute atomic E-state index is 0.00932. The molecule has 1 saturated heterocycles. The second kappa shape index (κ2) is 8.52. The highest BCUT2D eigenvalue weighted by atomic mass is 32.2. The first-order chi connectivity index (χ1) is 13.7. The van der Waals surface area contributed by atoms with Gasteiger partial charge in [-0.15, -0.1) is 0 Å². The molecule has 3 rings (SSSR count). The van der Waals surface area contributed by atoms with E-state index in [2.05, 4.69) is 5.32 Å². The third-order valence-electron chi connectivity index (χ3n) is 4.71. The number of methoxy groups -OCH3 is 1. The van der Waals surface area contributed by atoms with E-state index >= 15 is 0 Å². The highest BCUT2D eigenvalue weighted by Crippen LogP contribution is 2.23. The van der Waals surface area contributed by atoms with E-state index in [4.69, 9.17) is 4.74 Å². The van der Waals surface area contributed by atoms with Gasteiger partial charge < -0.3 is 10.1 Å². The number of rotatable bonds is 5. The van der Waals surface area contributed by atoms with Crippen LogP contribution in [0.25, 0.3) is 0 Å². The van der Waals surface area contributed by atoms with Crippen molar-refractivity contribution < 1.29 is 31.1 Å². The second-order valence-electron chi connectivity index (χ2n) is 6.57. The van der Waals surface area contributed by atoms with Gasteiger partial charge in [-0.3, -0.25) is 4.79 Å². The molecule has 1 N–H and O–H groups in total. The van der Waals surface area contributed by atoms with Gasteiger partial charge in [-0.1, -0.05) is 6.07 Å². The van der Waals surface area contributed by atoms with E-state index in [0.29, 0.717) is 38.1 Å². The van der Waals surface area contributed by atoms with Crippen molar-refractivity contribution in [3.63, 3.8) is 0 Å². The number of sulfonamides is 1. The summed E-state index contributed by atoms with van der Waals surface area (Å²) in [6.07, 6.45) is 1.14. The number of hydrogen-bond acceptors (Lipinski definition) is 4. The molecule has 1 heterocycles. The maximum atomic E-state index is 13.3. The van der Waals surface area contributed by atoms with Crippen molar-refractivity contribution in [1.29, 1.82) is 0 Å². The van der Waals surface area contributed by atoms with Gasteiger partial charge in [0.25, 0.3) is 5.91 Å². The summed E-state index contributed by atoms with van der Waals surface area (Å²) in [5, 5.41) is 2.23. The second-order valence-corrected chi connectivity index (χ2v) is 8.51. The lowest BCUT2D eigenvalue weighted by atomic mass is 10.1. The van der Waals surface area contributed by atoms with E-state index in [9.17, 15) is 26.4 Å². The van der Waals surface area contributed by atoms with E-state index in [0.717, 1.165) is 0 Å². The summed E-state index contributed by atoms with van der Waals surface area (Å²) in [5.41, 5.74) is -0.315. The third kappa shape index (κ3) is 4.60. The van der Waals surface area contributed by atoms with Crippen molar-refractivity contribution in [2.75, 3.05) is 25.5 Å². The molecular weight excluding hydrogens is 409 g/mol. The Kier molecular flexibility index (Phi) is 6.25. The molecule has 1 fully saturated rings. The molecule has 1 amide bonds. The van der Waals surface area contributed by atoms with Crippen LogP contribution >= 0.6 is 0 Å². The van der Waals surface area contributed by atoms with Crippen molar-refractivity contribution in [3.05, 3.63) is 59.4 Å². The van der Waals surface area contributed by atoms with Crippen molar-refractivity contribution in [2.45, 2.75) is 23.8 Å². The van der Waals surface area contributed by atoms with Gasteiger partial charge in [-0.2, -0.15) is 4.31 Å². The first-order valence-corrected chi connectivity index (χ1v) is 10.3. The van der Waals surface area contributed by atoms with Gasteiger partial charge in [0.1, 0.15) is 0 Å². The number of nitrogens with zero attached hydrogens (tertiary/aromatic N) is 1. The molecule has 0 spiro atoms. The summed E-state index contributed by atoms with van der Waals surface area (Å²) < 4.78 is 71.9. The summed E-state index contributed by atoms with van der Waals surface area (Å²) in [4.78, 5) is 12.3. The number of piperidine rings is 1. The van der Waals surface area contributed by atoms with Crippen LogP contribution in [-0.2, 0) is 14.8 Å². The summed E-state index contributed by atoms with van der Waals surface area (Å²) in [6.45, 7) is 0.594. The Bertz CT molecular complexity index is 999. The lowest BCUT2D eigenvalue weighted by Crippen LogP contribution is -2.40. The normalized spacial score (nSPS) is 16.0. The van der Waals surface area contributed by atoms with E-state index in [1.54, 1.807) is 7.11 Å². The number of nitrogens with one attached hydrogen (secondary N) is 1. The molecule has 0 atom stereocenters. The summed E-state index contributed by atoms with van der Waals surface area (Å²) >= 11 is 0. The molecule has 1 aliphatic rings. The highest BCUT2D eigenvalue weighted by molar-refractivity contribution is 7.89.